The third-order valence-corrected chi connectivity index (χ3v) is 6.05. The Morgan fingerprint density at radius 1 is 1.11 bits per heavy atom. The maximum atomic E-state index is 13.5. The fraction of sp³-hybridized carbons (Fsp3) is 0.227. The predicted molar refractivity (Wildman–Crippen MR) is 107 cm³/mol. The van der Waals surface area contributed by atoms with Gasteiger partial charge in [-0.25, -0.2) is 4.39 Å². The standard InChI is InChI=1S/C22H20FNO3S/c1-26-16-7-8-17(19(13-16)27-2)22(25)24-11-9-20-18(10-12-28-20)21(24)14-3-5-15(23)6-4-14/h3-8,10,12-13,21H,9,11H2,1-2H3/t21-/m0/s1. The third kappa shape index (κ3) is 3.24. The molecule has 1 aromatic heterocycles. The Labute approximate surface area is 167 Å². The van der Waals surface area contributed by atoms with Gasteiger partial charge in [-0.05, 0) is 53.3 Å². The van der Waals surface area contributed by atoms with Gasteiger partial charge in [-0.2, -0.15) is 0 Å². The van der Waals surface area contributed by atoms with E-state index >= 15 is 0 Å². The Balaban J connectivity index is 1.77. The highest BCUT2D eigenvalue weighted by Gasteiger charge is 2.34. The molecule has 4 nitrogen and oxygen atoms in total. The Morgan fingerprint density at radius 2 is 1.89 bits per heavy atom. The van der Waals surface area contributed by atoms with Gasteiger partial charge < -0.3 is 14.4 Å². The first-order valence-electron chi connectivity index (χ1n) is 8.97. The van der Waals surface area contributed by atoms with E-state index in [1.54, 1.807) is 48.8 Å². The summed E-state index contributed by atoms with van der Waals surface area (Å²) in [6, 6.07) is 13.4. The molecular formula is C22H20FNO3S. The number of rotatable bonds is 4. The zero-order valence-electron chi connectivity index (χ0n) is 15.6. The maximum absolute atomic E-state index is 13.5. The summed E-state index contributed by atoms with van der Waals surface area (Å²) in [6.07, 6.45) is 0.801. The van der Waals surface area contributed by atoms with Crippen LogP contribution in [0.1, 0.15) is 32.4 Å². The van der Waals surface area contributed by atoms with Crippen LogP contribution in [-0.4, -0.2) is 31.6 Å². The second-order valence-electron chi connectivity index (χ2n) is 6.57. The Bertz CT molecular complexity index is 999. The van der Waals surface area contributed by atoms with E-state index in [-0.39, 0.29) is 17.8 Å². The van der Waals surface area contributed by atoms with E-state index in [4.69, 9.17) is 9.47 Å². The van der Waals surface area contributed by atoms with Gasteiger partial charge in [-0.15, -0.1) is 11.3 Å². The monoisotopic (exact) mass is 397 g/mol. The number of methoxy groups -OCH3 is 2. The summed E-state index contributed by atoms with van der Waals surface area (Å²) >= 11 is 1.70. The predicted octanol–water partition coefficient (Wildman–Crippen LogP) is 4.69. The van der Waals surface area contributed by atoms with Crippen molar-refractivity contribution < 1.29 is 18.7 Å². The summed E-state index contributed by atoms with van der Waals surface area (Å²) in [5, 5.41) is 2.04. The second-order valence-corrected chi connectivity index (χ2v) is 7.57. The number of carbonyl (C=O) groups excluding carboxylic acids is 1. The number of carbonyl (C=O) groups is 1. The molecule has 0 saturated carbocycles. The van der Waals surface area contributed by atoms with Crippen molar-refractivity contribution in [2.45, 2.75) is 12.5 Å². The van der Waals surface area contributed by atoms with Crippen LogP contribution in [-0.2, 0) is 6.42 Å². The third-order valence-electron chi connectivity index (χ3n) is 5.05. The first-order chi connectivity index (χ1) is 13.6. The normalized spacial score (nSPS) is 15.8. The van der Waals surface area contributed by atoms with Crippen LogP contribution in [0.4, 0.5) is 4.39 Å². The van der Waals surface area contributed by atoms with Crippen LogP contribution in [0.3, 0.4) is 0 Å². The van der Waals surface area contributed by atoms with Gasteiger partial charge in [0, 0.05) is 17.5 Å². The fourth-order valence-corrected chi connectivity index (χ4v) is 4.57. The van der Waals surface area contributed by atoms with Crippen LogP contribution in [0, 0.1) is 5.82 Å². The van der Waals surface area contributed by atoms with E-state index in [1.165, 1.54) is 24.1 Å². The largest absolute Gasteiger partial charge is 0.497 e. The molecule has 0 bridgehead atoms. The van der Waals surface area contributed by atoms with Crippen LogP contribution in [0.2, 0.25) is 0 Å². The zero-order chi connectivity index (χ0) is 19.7. The number of amides is 1. The molecule has 28 heavy (non-hydrogen) atoms. The van der Waals surface area contributed by atoms with Gasteiger partial charge in [0.1, 0.15) is 17.3 Å². The van der Waals surface area contributed by atoms with E-state index in [0.29, 0.717) is 23.6 Å². The Kier molecular flexibility index (Phi) is 5.05. The molecule has 1 aliphatic heterocycles. The molecule has 0 saturated heterocycles. The van der Waals surface area contributed by atoms with Crippen LogP contribution in [0.5, 0.6) is 11.5 Å². The fourth-order valence-electron chi connectivity index (χ4n) is 3.67. The highest BCUT2D eigenvalue weighted by atomic mass is 32.1. The van der Waals surface area contributed by atoms with Gasteiger partial charge in [0.15, 0.2) is 0 Å². The van der Waals surface area contributed by atoms with Crippen LogP contribution in [0.15, 0.2) is 53.9 Å². The van der Waals surface area contributed by atoms with Gasteiger partial charge >= 0.3 is 0 Å². The van der Waals surface area contributed by atoms with Gasteiger partial charge in [0.05, 0.1) is 25.8 Å². The average molecular weight is 397 g/mol. The number of fused-ring (bicyclic) bond motifs is 1. The van der Waals surface area contributed by atoms with Gasteiger partial charge in [0.2, 0.25) is 0 Å². The minimum atomic E-state index is -0.292. The van der Waals surface area contributed by atoms with Crippen LogP contribution < -0.4 is 9.47 Å². The molecule has 4 rings (SSSR count). The summed E-state index contributed by atoms with van der Waals surface area (Å²) < 4.78 is 24.1. The van der Waals surface area contributed by atoms with Gasteiger partial charge in [0.25, 0.3) is 5.91 Å². The smallest absolute Gasteiger partial charge is 0.258 e. The molecule has 0 N–H and O–H groups in total. The van der Waals surface area contributed by atoms with Gasteiger partial charge in [-0.3, -0.25) is 4.79 Å². The van der Waals surface area contributed by atoms with Crippen molar-refractivity contribution in [1.29, 1.82) is 0 Å². The van der Waals surface area contributed by atoms with Crippen molar-refractivity contribution in [3.8, 4) is 11.5 Å². The van der Waals surface area contributed by atoms with Crippen molar-refractivity contribution >= 4 is 17.2 Å². The SMILES string of the molecule is COc1ccc(C(=O)N2CCc3sccc3[C@@H]2c2ccc(F)cc2)c(OC)c1. The quantitative estimate of drug-likeness (QED) is 0.641. The Morgan fingerprint density at radius 3 is 2.61 bits per heavy atom. The van der Waals surface area contributed by atoms with Crippen LogP contribution in [0.25, 0.3) is 0 Å². The highest BCUT2D eigenvalue weighted by molar-refractivity contribution is 7.10. The second kappa shape index (κ2) is 7.64. The summed E-state index contributed by atoms with van der Waals surface area (Å²) in [6.45, 7) is 0.587. The molecule has 144 valence electrons. The number of benzene rings is 2. The molecule has 1 amide bonds. The van der Waals surface area contributed by atoms with Crippen LogP contribution >= 0.6 is 11.3 Å². The number of hydrogen-bond acceptors (Lipinski definition) is 4. The van der Waals surface area contributed by atoms with Crippen molar-refractivity contribution in [3.63, 3.8) is 0 Å². The molecule has 2 aromatic carbocycles. The molecule has 2 heterocycles. The maximum Gasteiger partial charge on any atom is 0.258 e. The molecule has 0 unspecified atom stereocenters. The van der Waals surface area contributed by atoms with Crippen molar-refractivity contribution in [1.82, 2.24) is 4.90 Å². The number of hydrogen-bond donors (Lipinski definition) is 0. The van der Waals surface area contributed by atoms with E-state index < -0.39 is 0 Å². The molecule has 6 heteroatoms. The number of nitrogens with zero attached hydrogens (tertiary/aromatic N) is 1. The summed E-state index contributed by atoms with van der Waals surface area (Å²) in [5.74, 6) is 0.686. The zero-order valence-corrected chi connectivity index (χ0v) is 16.5. The van der Waals surface area contributed by atoms with E-state index in [0.717, 1.165) is 17.5 Å². The minimum absolute atomic E-state index is 0.120. The first kappa shape index (κ1) is 18.5. The molecule has 0 aliphatic carbocycles. The highest BCUT2D eigenvalue weighted by Crippen LogP contribution is 2.39. The lowest BCUT2D eigenvalue weighted by Crippen LogP contribution is -2.40. The summed E-state index contributed by atoms with van der Waals surface area (Å²) in [7, 11) is 3.11. The molecular weight excluding hydrogens is 377 g/mol. The lowest BCUT2D eigenvalue weighted by Gasteiger charge is -2.36. The van der Waals surface area contributed by atoms with Crippen molar-refractivity contribution in [2.75, 3.05) is 20.8 Å². The molecule has 0 fully saturated rings. The summed E-state index contributed by atoms with van der Waals surface area (Å²) in [4.78, 5) is 16.6. The molecule has 0 radical (unpaired) electrons. The number of halogens is 1. The van der Waals surface area contributed by atoms with Crippen molar-refractivity contribution in [2.24, 2.45) is 0 Å². The first-order valence-corrected chi connectivity index (χ1v) is 9.85. The molecule has 1 atom stereocenters. The average Bonchev–Trinajstić information content (AvgIpc) is 3.21. The molecule has 1 aliphatic rings. The lowest BCUT2D eigenvalue weighted by atomic mass is 9.92. The van der Waals surface area contributed by atoms with E-state index in [2.05, 4.69) is 6.07 Å². The van der Waals surface area contributed by atoms with Gasteiger partial charge in [-0.1, -0.05) is 12.1 Å². The van der Waals surface area contributed by atoms with E-state index in [1.807, 2.05) is 10.3 Å². The molecule has 3 aromatic rings. The Hall–Kier alpha value is -2.86. The number of thiophene rings is 1. The minimum Gasteiger partial charge on any atom is -0.497 e. The topological polar surface area (TPSA) is 38.8 Å². The lowest BCUT2D eigenvalue weighted by molar-refractivity contribution is 0.0692. The van der Waals surface area contributed by atoms with E-state index in [9.17, 15) is 9.18 Å². The van der Waals surface area contributed by atoms with Crippen molar-refractivity contribution in [3.05, 3.63) is 81.3 Å². The summed E-state index contributed by atoms with van der Waals surface area (Å²) in [5.41, 5.74) is 2.47. The molecule has 0 spiro atoms. The number of ether oxygens (including phenoxy) is 2.